The Balaban J connectivity index is 4.48. The van der Waals surface area contributed by atoms with Crippen molar-refractivity contribution < 1.29 is 32.9 Å². The first-order valence-corrected chi connectivity index (χ1v) is 27.1. The van der Waals surface area contributed by atoms with E-state index >= 15 is 0 Å². The van der Waals surface area contributed by atoms with Gasteiger partial charge in [0.05, 0.1) is 39.9 Å². The third-order valence-corrected chi connectivity index (χ3v) is 11.7. The Labute approximate surface area is 394 Å². The quantitative estimate of drug-likeness (QED) is 0.0273. The lowest BCUT2D eigenvalue weighted by Gasteiger charge is -2.29. The van der Waals surface area contributed by atoms with E-state index in [1.165, 1.54) is 96.3 Å². The second kappa shape index (κ2) is 45.6. The van der Waals surface area contributed by atoms with Crippen LogP contribution in [0.2, 0.25) is 0 Å². The molecular formula is C55H97N2O6P. The Morgan fingerprint density at radius 3 is 1.45 bits per heavy atom. The molecule has 0 radical (unpaired) electrons. The maximum Gasteiger partial charge on any atom is 0.268 e. The molecule has 1 amide bonds. The summed E-state index contributed by atoms with van der Waals surface area (Å²) >= 11 is 0. The van der Waals surface area contributed by atoms with E-state index < -0.39 is 26.6 Å². The number of carbonyl (C=O) groups is 1. The van der Waals surface area contributed by atoms with E-state index in [0.717, 1.165) is 70.6 Å². The number of nitrogens with zero attached hydrogens (tertiary/aromatic N) is 1. The summed E-state index contributed by atoms with van der Waals surface area (Å²) in [6.07, 6.45) is 64.7. The van der Waals surface area contributed by atoms with E-state index in [0.29, 0.717) is 17.4 Å². The number of nitrogens with one attached hydrogen (secondary N) is 1. The molecule has 0 aromatic carbocycles. The molecule has 0 aliphatic carbocycles. The summed E-state index contributed by atoms with van der Waals surface area (Å²) in [5.74, 6) is -0.253. The van der Waals surface area contributed by atoms with Crippen LogP contribution in [0.15, 0.2) is 97.2 Å². The molecule has 9 heteroatoms. The highest BCUT2D eigenvalue weighted by atomic mass is 31.2. The predicted octanol–water partition coefficient (Wildman–Crippen LogP) is 14.5. The summed E-state index contributed by atoms with van der Waals surface area (Å²) < 4.78 is 23.2. The number of likely N-dealkylation sites (N-methyl/N-ethyl adjacent to an activating group) is 1. The number of carbonyl (C=O) groups excluding carboxylic acids is 1. The SMILES string of the molecule is CC/C=C\C/C=C\C/C=C\C/C=C\C/C=C\C/C=C\CCCCC(=O)NC(COP(=O)([O-])OCC[N+](C)(C)C)C(O)/C=C/CC/C=C/CCCCCCCCCCCCCCCCC. The van der Waals surface area contributed by atoms with Gasteiger partial charge in [-0.15, -0.1) is 0 Å². The molecule has 0 aliphatic heterocycles. The van der Waals surface area contributed by atoms with E-state index in [1.54, 1.807) is 6.08 Å². The van der Waals surface area contributed by atoms with Crippen molar-refractivity contribution >= 4 is 13.7 Å². The monoisotopic (exact) mass is 913 g/mol. The number of phosphoric ester groups is 1. The number of aliphatic hydroxyl groups is 1. The molecule has 368 valence electrons. The lowest BCUT2D eigenvalue weighted by molar-refractivity contribution is -0.870. The van der Waals surface area contributed by atoms with Crippen LogP contribution in [-0.4, -0.2) is 68.5 Å². The molecule has 0 heterocycles. The molecule has 0 fully saturated rings. The van der Waals surface area contributed by atoms with Crippen molar-refractivity contribution in [2.24, 2.45) is 0 Å². The van der Waals surface area contributed by atoms with E-state index in [4.69, 9.17) is 9.05 Å². The Morgan fingerprint density at radius 2 is 0.969 bits per heavy atom. The number of hydrogen-bond donors (Lipinski definition) is 2. The molecule has 2 N–H and O–H groups in total. The number of unbranched alkanes of at least 4 members (excludes halogenated alkanes) is 18. The maximum absolute atomic E-state index is 12.9. The summed E-state index contributed by atoms with van der Waals surface area (Å²) in [5.41, 5.74) is 0. The third kappa shape index (κ3) is 47.4. The van der Waals surface area contributed by atoms with E-state index in [9.17, 15) is 19.4 Å². The van der Waals surface area contributed by atoms with E-state index in [-0.39, 0.29) is 18.9 Å². The summed E-state index contributed by atoms with van der Waals surface area (Å²) in [5, 5.41) is 13.8. The number of aliphatic hydroxyl groups excluding tert-OH is 1. The Bertz CT molecular complexity index is 1360. The van der Waals surface area contributed by atoms with Gasteiger partial charge in [-0.3, -0.25) is 9.36 Å². The molecule has 0 spiro atoms. The van der Waals surface area contributed by atoms with Gasteiger partial charge in [0.1, 0.15) is 13.2 Å². The minimum atomic E-state index is -4.62. The number of phosphoric acid groups is 1. The van der Waals surface area contributed by atoms with Gasteiger partial charge in [-0.05, 0) is 83.5 Å². The lowest BCUT2D eigenvalue weighted by Crippen LogP contribution is -2.45. The highest BCUT2D eigenvalue weighted by molar-refractivity contribution is 7.45. The summed E-state index contributed by atoms with van der Waals surface area (Å²) in [4.78, 5) is 25.4. The second-order valence-corrected chi connectivity index (χ2v) is 19.5. The van der Waals surface area contributed by atoms with Crippen LogP contribution in [-0.2, 0) is 18.4 Å². The van der Waals surface area contributed by atoms with Gasteiger partial charge >= 0.3 is 0 Å². The van der Waals surface area contributed by atoms with Crippen LogP contribution >= 0.6 is 7.82 Å². The molecular weight excluding hydrogens is 816 g/mol. The number of hydrogen-bond acceptors (Lipinski definition) is 6. The van der Waals surface area contributed by atoms with Crippen LogP contribution in [0.4, 0.5) is 0 Å². The fourth-order valence-corrected chi connectivity index (χ4v) is 7.48. The highest BCUT2D eigenvalue weighted by Gasteiger charge is 2.23. The van der Waals surface area contributed by atoms with Crippen molar-refractivity contribution in [3.63, 3.8) is 0 Å². The maximum atomic E-state index is 12.9. The molecule has 0 aromatic rings. The van der Waals surface area contributed by atoms with Gasteiger partial charge in [0.2, 0.25) is 5.91 Å². The molecule has 8 nitrogen and oxygen atoms in total. The fraction of sp³-hybridized carbons (Fsp3) is 0.691. The van der Waals surface area contributed by atoms with Crippen molar-refractivity contribution in [1.29, 1.82) is 0 Å². The first-order chi connectivity index (χ1) is 31.0. The van der Waals surface area contributed by atoms with Crippen molar-refractivity contribution in [2.45, 2.75) is 206 Å². The van der Waals surface area contributed by atoms with Crippen LogP contribution in [0.3, 0.4) is 0 Å². The topological polar surface area (TPSA) is 108 Å². The zero-order chi connectivity index (χ0) is 47.1. The second-order valence-electron chi connectivity index (χ2n) is 18.1. The summed E-state index contributed by atoms with van der Waals surface area (Å²) in [7, 11) is 1.20. The molecule has 0 aromatic heterocycles. The summed E-state index contributed by atoms with van der Waals surface area (Å²) in [6, 6.07) is -0.933. The predicted molar refractivity (Wildman–Crippen MR) is 274 cm³/mol. The number of quaternary nitrogens is 1. The largest absolute Gasteiger partial charge is 0.756 e. The van der Waals surface area contributed by atoms with Crippen LogP contribution in [0, 0.1) is 0 Å². The molecule has 3 atom stereocenters. The smallest absolute Gasteiger partial charge is 0.268 e. The molecule has 0 saturated heterocycles. The Hall–Kier alpha value is -2.58. The zero-order valence-corrected chi connectivity index (χ0v) is 42.6. The van der Waals surface area contributed by atoms with Crippen molar-refractivity contribution in [1.82, 2.24) is 5.32 Å². The highest BCUT2D eigenvalue weighted by Crippen LogP contribution is 2.38. The molecule has 64 heavy (non-hydrogen) atoms. The first-order valence-electron chi connectivity index (χ1n) is 25.6. The fourth-order valence-electron chi connectivity index (χ4n) is 6.76. The molecule has 0 saturated carbocycles. The van der Waals surface area contributed by atoms with Crippen molar-refractivity contribution in [2.75, 3.05) is 40.9 Å². The lowest BCUT2D eigenvalue weighted by atomic mass is 10.0. The third-order valence-electron chi connectivity index (χ3n) is 10.8. The van der Waals surface area contributed by atoms with Crippen molar-refractivity contribution in [3.8, 4) is 0 Å². The zero-order valence-electron chi connectivity index (χ0n) is 41.7. The van der Waals surface area contributed by atoms with Crippen molar-refractivity contribution in [3.05, 3.63) is 97.2 Å². The average molecular weight is 913 g/mol. The van der Waals surface area contributed by atoms with Gasteiger partial charge in [0.25, 0.3) is 7.82 Å². The van der Waals surface area contributed by atoms with Gasteiger partial charge in [0.15, 0.2) is 0 Å². The molecule has 0 rings (SSSR count). The first kappa shape index (κ1) is 61.4. The molecule has 0 bridgehead atoms. The minimum Gasteiger partial charge on any atom is -0.756 e. The minimum absolute atomic E-state index is 0.0204. The van der Waals surface area contributed by atoms with E-state index in [2.05, 4.69) is 104 Å². The van der Waals surface area contributed by atoms with Crippen LogP contribution in [0.5, 0.6) is 0 Å². The van der Waals surface area contributed by atoms with Crippen LogP contribution in [0.1, 0.15) is 194 Å². The molecule has 0 aliphatic rings. The normalized spacial score (nSPS) is 14.9. The standard InChI is InChI=1S/C55H97N2O6P/c1-6-8-10-12-14-16-18-20-22-24-26-28-30-32-34-36-38-40-42-44-46-48-54(58)53(52-63-64(60,61)62-51-50-57(3,4)5)56-55(59)49-47-45-43-41-39-37-35-33-31-29-27-25-23-21-19-17-15-13-11-9-7-2/h9,11,15,17,21,23,27,29,33,35,38-41,46,48,53-54,58H,6-8,10,12-14,16,18-20,22,24-26,28,30-32,34,36-37,42-45,47,49-52H2,1-5H3,(H-,56,59,60,61)/b11-9-,17-15-,23-21-,29-27-,35-33-,40-38+,41-39-,48-46+. The van der Waals surface area contributed by atoms with Gasteiger partial charge in [0, 0.05) is 6.42 Å². The number of rotatable bonds is 45. The van der Waals surface area contributed by atoms with Crippen LogP contribution in [0.25, 0.3) is 0 Å². The van der Waals surface area contributed by atoms with Gasteiger partial charge in [-0.1, -0.05) is 201 Å². The van der Waals surface area contributed by atoms with E-state index in [1.807, 2.05) is 27.2 Å². The van der Waals surface area contributed by atoms with Gasteiger partial charge in [-0.25, -0.2) is 0 Å². The Kier molecular flexibility index (Phi) is 43.7. The molecule has 3 unspecified atom stereocenters. The number of allylic oxidation sites excluding steroid dienone is 15. The van der Waals surface area contributed by atoms with Gasteiger partial charge in [-0.2, -0.15) is 0 Å². The number of amides is 1. The Morgan fingerprint density at radius 1 is 0.562 bits per heavy atom. The average Bonchev–Trinajstić information content (AvgIpc) is 3.25. The summed E-state index contributed by atoms with van der Waals surface area (Å²) in [6.45, 7) is 4.47. The van der Waals surface area contributed by atoms with Crippen LogP contribution < -0.4 is 10.2 Å². The van der Waals surface area contributed by atoms with Gasteiger partial charge < -0.3 is 28.8 Å².